The second kappa shape index (κ2) is 13.8. The molecule has 0 spiro atoms. The van der Waals surface area contributed by atoms with Gasteiger partial charge in [-0.25, -0.2) is 4.79 Å². The van der Waals surface area contributed by atoms with Crippen LogP contribution < -0.4 is 24.8 Å². The minimum absolute atomic E-state index is 0.391. The fraction of sp³-hybridized carbons (Fsp3) is 0.219. The second-order valence-electron chi connectivity index (χ2n) is 9.25. The highest BCUT2D eigenvalue weighted by Gasteiger charge is 2.29. The number of hydrogen-bond donors (Lipinski definition) is 2. The Labute approximate surface area is 242 Å². The van der Waals surface area contributed by atoms with Crippen LogP contribution in [0.4, 0.5) is 24.5 Å². The lowest BCUT2D eigenvalue weighted by Gasteiger charge is -2.17. The monoisotopic (exact) mass is 580 g/mol. The zero-order valence-electron chi connectivity index (χ0n) is 23.4. The van der Waals surface area contributed by atoms with Crippen LogP contribution in [0, 0.1) is 0 Å². The van der Waals surface area contributed by atoms with E-state index in [1.807, 2.05) is 24.3 Å². The number of alkyl halides is 3. The van der Waals surface area contributed by atoms with E-state index in [0.29, 0.717) is 48.1 Å². The molecular weight excluding hydrogens is 549 g/mol. The standard InChI is InChI=1S/C32H31F3N2O5/c1-39-29-18-27(42-26-14-12-25(13-15-26)37-24-10-6-22(7-11-24)31(38)41-3)19-30(40-2)28(29)20-36-17-16-21-4-8-23(9-5-21)32(33,34)35/h4-15,18-19,36-37H,16-17,20H2,1-3H3. The van der Waals surface area contributed by atoms with Gasteiger partial charge in [-0.15, -0.1) is 0 Å². The number of rotatable bonds is 12. The van der Waals surface area contributed by atoms with Gasteiger partial charge >= 0.3 is 12.1 Å². The number of methoxy groups -OCH3 is 3. The number of anilines is 2. The topological polar surface area (TPSA) is 78.1 Å². The number of carbonyl (C=O) groups excluding carboxylic acids is 1. The van der Waals surface area contributed by atoms with Gasteiger partial charge in [-0.3, -0.25) is 0 Å². The molecule has 0 aliphatic carbocycles. The summed E-state index contributed by atoms with van der Waals surface area (Å²) in [5.74, 6) is 1.88. The van der Waals surface area contributed by atoms with E-state index in [4.69, 9.17) is 18.9 Å². The van der Waals surface area contributed by atoms with E-state index in [1.165, 1.54) is 19.2 Å². The highest BCUT2D eigenvalue weighted by atomic mass is 19.4. The first-order chi connectivity index (χ1) is 20.2. The predicted octanol–water partition coefficient (Wildman–Crippen LogP) is 7.38. The van der Waals surface area contributed by atoms with E-state index in [9.17, 15) is 18.0 Å². The Kier molecular flexibility index (Phi) is 9.93. The fourth-order valence-electron chi connectivity index (χ4n) is 4.22. The minimum Gasteiger partial charge on any atom is -0.496 e. The lowest BCUT2D eigenvalue weighted by molar-refractivity contribution is -0.137. The molecule has 0 saturated heterocycles. The average Bonchev–Trinajstić information content (AvgIpc) is 3.00. The lowest BCUT2D eigenvalue weighted by atomic mass is 10.1. The van der Waals surface area contributed by atoms with Crippen molar-refractivity contribution in [3.63, 3.8) is 0 Å². The van der Waals surface area contributed by atoms with Crippen molar-refractivity contribution in [3.8, 4) is 23.0 Å². The molecule has 0 saturated carbocycles. The summed E-state index contributed by atoms with van der Waals surface area (Å²) in [5.41, 5.74) is 3.05. The van der Waals surface area contributed by atoms with Crippen molar-refractivity contribution in [2.45, 2.75) is 19.1 Å². The Hall–Kier alpha value is -4.70. The van der Waals surface area contributed by atoms with Crippen molar-refractivity contribution >= 4 is 17.3 Å². The van der Waals surface area contributed by atoms with E-state index in [2.05, 4.69) is 10.6 Å². The van der Waals surface area contributed by atoms with Crippen molar-refractivity contribution in [2.75, 3.05) is 33.2 Å². The number of esters is 1. The van der Waals surface area contributed by atoms with Crippen LogP contribution in [0.3, 0.4) is 0 Å². The molecule has 10 heteroatoms. The van der Waals surface area contributed by atoms with E-state index < -0.39 is 17.7 Å². The summed E-state index contributed by atoms with van der Waals surface area (Å²) < 4.78 is 60.3. The molecule has 0 fully saturated rings. The van der Waals surface area contributed by atoms with E-state index in [0.717, 1.165) is 34.6 Å². The average molecular weight is 581 g/mol. The van der Waals surface area contributed by atoms with Gasteiger partial charge in [0, 0.05) is 30.1 Å². The van der Waals surface area contributed by atoms with Gasteiger partial charge in [-0.2, -0.15) is 13.2 Å². The van der Waals surface area contributed by atoms with Gasteiger partial charge in [0.05, 0.1) is 38.0 Å². The van der Waals surface area contributed by atoms with Gasteiger partial charge in [-0.1, -0.05) is 12.1 Å². The number of hydrogen-bond acceptors (Lipinski definition) is 7. The normalized spacial score (nSPS) is 11.1. The van der Waals surface area contributed by atoms with E-state index >= 15 is 0 Å². The molecule has 0 amide bonds. The number of halogens is 3. The minimum atomic E-state index is -4.34. The van der Waals surface area contributed by atoms with Crippen LogP contribution in [0.25, 0.3) is 0 Å². The maximum atomic E-state index is 12.8. The molecule has 4 rings (SSSR count). The number of carbonyl (C=O) groups is 1. The summed E-state index contributed by atoms with van der Waals surface area (Å²) >= 11 is 0. The third kappa shape index (κ3) is 7.94. The molecule has 4 aromatic rings. The summed E-state index contributed by atoms with van der Waals surface area (Å²) in [7, 11) is 4.46. The van der Waals surface area contributed by atoms with Crippen LogP contribution in [-0.2, 0) is 23.9 Å². The first-order valence-electron chi connectivity index (χ1n) is 13.0. The second-order valence-corrected chi connectivity index (χ2v) is 9.25. The van der Waals surface area contributed by atoms with Gasteiger partial charge in [0.2, 0.25) is 0 Å². The maximum Gasteiger partial charge on any atom is 0.416 e. The molecule has 220 valence electrons. The zero-order valence-corrected chi connectivity index (χ0v) is 23.4. The van der Waals surface area contributed by atoms with Crippen molar-refractivity contribution < 1.29 is 36.9 Å². The molecule has 2 N–H and O–H groups in total. The highest BCUT2D eigenvalue weighted by Crippen LogP contribution is 2.36. The molecule has 7 nitrogen and oxygen atoms in total. The van der Waals surface area contributed by atoms with Gasteiger partial charge in [0.15, 0.2) is 0 Å². The van der Waals surface area contributed by atoms with Gasteiger partial charge in [0.1, 0.15) is 23.0 Å². The molecule has 0 aromatic heterocycles. The predicted molar refractivity (Wildman–Crippen MR) is 154 cm³/mol. The van der Waals surface area contributed by atoms with E-state index in [1.54, 1.807) is 50.6 Å². The third-order valence-corrected chi connectivity index (χ3v) is 6.44. The summed E-state index contributed by atoms with van der Waals surface area (Å²) in [6.45, 7) is 0.972. The Bertz CT molecular complexity index is 1450. The first-order valence-corrected chi connectivity index (χ1v) is 13.0. The molecule has 0 radical (unpaired) electrons. The molecule has 0 aliphatic rings. The number of nitrogens with one attached hydrogen (secondary N) is 2. The fourth-order valence-corrected chi connectivity index (χ4v) is 4.22. The van der Waals surface area contributed by atoms with Crippen LogP contribution in [0.1, 0.15) is 27.0 Å². The Morgan fingerprint density at radius 1 is 0.762 bits per heavy atom. The largest absolute Gasteiger partial charge is 0.496 e. The van der Waals surface area contributed by atoms with Gasteiger partial charge in [-0.05, 0) is 79.2 Å². The van der Waals surface area contributed by atoms with Gasteiger partial charge in [0.25, 0.3) is 0 Å². The van der Waals surface area contributed by atoms with Crippen molar-refractivity contribution in [1.29, 1.82) is 0 Å². The van der Waals surface area contributed by atoms with Gasteiger partial charge < -0.3 is 29.6 Å². The van der Waals surface area contributed by atoms with Crippen LogP contribution in [-0.4, -0.2) is 33.8 Å². The van der Waals surface area contributed by atoms with Crippen LogP contribution in [0.15, 0.2) is 84.9 Å². The Morgan fingerprint density at radius 3 is 1.86 bits per heavy atom. The summed E-state index contributed by atoms with van der Waals surface area (Å²) in [4.78, 5) is 11.6. The van der Waals surface area contributed by atoms with Crippen molar-refractivity contribution in [2.24, 2.45) is 0 Å². The Balaban J connectivity index is 1.35. The van der Waals surface area contributed by atoms with Crippen LogP contribution >= 0.6 is 0 Å². The molecular formula is C32H31F3N2O5. The third-order valence-electron chi connectivity index (χ3n) is 6.44. The van der Waals surface area contributed by atoms with Crippen LogP contribution in [0.5, 0.6) is 23.0 Å². The van der Waals surface area contributed by atoms with Crippen molar-refractivity contribution in [3.05, 3.63) is 107 Å². The first kappa shape index (κ1) is 30.3. The molecule has 4 aromatic carbocycles. The summed E-state index contributed by atoms with van der Waals surface area (Å²) in [6, 6.07) is 23.0. The molecule has 0 bridgehead atoms. The summed E-state index contributed by atoms with van der Waals surface area (Å²) in [5, 5.41) is 6.56. The van der Waals surface area contributed by atoms with Crippen LogP contribution in [0.2, 0.25) is 0 Å². The van der Waals surface area contributed by atoms with E-state index in [-0.39, 0.29) is 0 Å². The summed E-state index contributed by atoms with van der Waals surface area (Å²) in [6.07, 6.45) is -3.78. The van der Waals surface area contributed by atoms with Crippen molar-refractivity contribution in [1.82, 2.24) is 5.32 Å². The lowest BCUT2D eigenvalue weighted by Crippen LogP contribution is -2.18. The number of benzene rings is 4. The molecule has 0 atom stereocenters. The number of ether oxygens (including phenoxy) is 4. The quantitative estimate of drug-likeness (QED) is 0.134. The molecule has 42 heavy (non-hydrogen) atoms. The smallest absolute Gasteiger partial charge is 0.416 e. The zero-order chi connectivity index (χ0) is 30.1. The maximum absolute atomic E-state index is 12.8. The highest BCUT2D eigenvalue weighted by molar-refractivity contribution is 5.89. The Morgan fingerprint density at radius 2 is 1.33 bits per heavy atom. The molecule has 0 unspecified atom stereocenters. The SMILES string of the molecule is COC(=O)c1ccc(Nc2ccc(Oc3cc(OC)c(CNCCc4ccc(C(F)(F)F)cc4)c(OC)c3)cc2)cc1. The molecule has 0 heterocycles. The molecule has 0 aliphatic heterocycles.